The minimum atomic E-state index is 0.477. The number of ether oxygens (including phenoxy) is 1. The molecule has 0 saturated carbocycles. The summed E-state index contributed by atoms with van der Waals surface area (Å²) in [7, 11) is 1.67. The molecule has 0 aliphatic carbocycles. The Morgan fingerprint density at radius 2 is 2.31 bits per heavy atom. The van der Waals surface area contributed by atoms with E-state index < -0.39 is 0 Å². The quantitative estimate of drug-likeness (QED) is 0.809. The molecule has 0 bridgehead atoms. The van der Waals surface area contributed by atoms with Gasteiger partial charge in [0.25, 0.3) is 0 Å². The Bertz CT molecular complexity index is 452. The van der Waals surface area contributed by atoms with Crippen LogP contribution in [0.5, 0.6) is 0 Å². The summed E-state index contributed by atoms with van der Waals surface area (Å²) in [5.41, 5.74) is 8.48. The fourth-order valence-electron chi connectivity index (χ4n) is 1.58. The van der Waals surface area contributed by atoms with E-state index in [1.807, 2.05) is 18.2 Å². The second-order valence-electron chi connectivity index (χ2n) is 3.42. The van der Waals surface area contributed by atoms with Crippen LogP contribution in [0.3, 0.4) is 0 Å². The molecule has 2 heterocycles. The van der Waals surface area contributed by atoms with Crippen LogP contribution < -0.4 is 5.73 Å². The average molecular weight is 218 g/mol. The Kier molecular flexibility index (Phi) is 3.16. The van der Waals surface area contributed by atoms with Crippen LogP contribution in [-0.2, 0) is 11.2 Å². The summed E-state index contributed by atoms with van der Waals surface area (Å²) in [4.78, 5) is 4.27. The Labute approximate surface area is 93.7 Å². The standard InChI is InChI=1S/C11H14N4O/c1-16-7-5-9-10(11(12)15-14-9)8-4-2-3-6-13-8/h2-4,6H,5,7H2,1H3,(H3,12,14,15). The Balaban J connectivity index is 2.35. The molecule has 0 unspecified atom stereocenters. The number of H-pyrrole nitrogens is 1. The summed E-state index contributed by atoms with van der Waals surface area (Å²) in [5.74, 6) is 0.477. The molecule has 0 saturated heterocycles. The van der Waals surface area contributed by atoms with E-state index in [0.29, 0.717) is 12.4 Å². The van der Waals surface area contributed by atoms with Crippen molar-refractivity contribution in [3.63, 3.8) is 0 Å². The number of methoxy groups -OCH3 is 1. The van der Waals surface area contributed by atoms with Gasteiger partial charge < -0.3 is 10.5 Å². The molecule has 3 N–H and O–H groups in total. The number of aromatic amines is 1. The van der Waals surface area contributed by atoms with Crippen molar-refractivity contribution in [1.29, 1.82) is 0 Å². The van der Waals surface area contributed by atoms with Crippen molar-refractivity contribution in [3.05, 3.63) is 30.1 Å². The van der Waals surface area contributed by atoms with Gasteiger partial charge in [0, 0.05) is 25.4 Å². The molecule has 0 aromatic carbocycles. The van der Waals surface area contributed by atoms with Gasteiger partial charge in [-0.25, -0.2) is 0 Å². The van der Waals surface area contributed by atoms with Gasteiger partial charge in [-0.15, -0.1) is 0 Å². The third kappa shape index (κ3) is 2.04. The van der Waals surface area contributed by atoms with Gasteiger partial charge >= 0.3 is 0 Å². The summed E-state index contributed by atoms with van der Waals surface area (Å²) < 4.78 is 5.04. The first kappa shape index (κ1) is 10.6. The van der Waals surface area contributed by atoms with Gasteiger partial charge in [-0.05, 0) is 12.1 Å². The van der Waals surface area contributed by atoms with Crippen molar-refractivity contribution in [2.24, 2.45) is 0 Å². The molecule has 0 radical (unpaired) electrons. The van der Waals surface area contributed by atoms with Gasteiger partial charge in [-0.3, -0.25) is 10.1 Å². The summed E-state index contributed by atoms with van der Waals surface area (Å²) >= 11 is 0. The first-order chi connectivity index (χ1) is 7.83. The number of pyridine rings is 1. The van der Waals surface area contributed by atoms with Crippen molar-refractivity contribution in [3.8, 4) is 11.3 Å². The maximum Gasteiger partial charge on any atom is 0.154 e. The van der Waals surface area contributed by atoms with Crippen LogP contribution in [-0.4, -0.2) is 28.9 Å². The van der Waals surface area contributed by atoms with Gasteiger partial charge in [0.1, 0.15) is 0 Å². The van der Waals surface area contributed by atoms with E-state index in [1.54, 1.807) is 13.3 Å². The Hall–Kier alpha value is -1.88. The first-order valence-corrected chi connectivity index (χ1v) is 5.06. The fraction of sp³-hybridized carbons (Fsp3) is 0.273. The predicted molar refractivity (Wildman–Crippen MR) is 61.8 cm³/mol. The van der Waals surface area contributed by atoms with Crippen LogP contribution in [0.4, 0.5) is 5.82 Å². The SMILES string of the molecule is COCCc1[nH]nc(N)c1-c1ccccn1. The monoisotopic (exact) mass is 218 g/mol. The van der Waals surface area contributed by atoms with Crippen molar-refractivity contribution in [2.45, 2.75) is 6.42 Å². The number of nitrogens with one attached hydrogen (secondary N) is 1. The van der Waals surface area contributed by atoms with Crippen molar-refractivity contribution in [1.82, 2.24) is 15.2 Å². The molecule has 0 amide bonds. The third-order valence-corrected chi connectivity index (χ3v) is 2.35. The Morgan fingerprint density at radius 3 is 3.00 bits per heavy atom. The molecule has 16 heavy (non-hydrogen) atoms. The van der Waals surface area contributed by atoms with E-state index >= 15 is 0 Å². The van der Waals surface area contributed by atoms with E-state index in [-0.39, 0.29) is 0 Å². The lowest BCUT2D eigenvalue weighted by molar-refractivity contribution is 0.201. The van der Waals surface area contributed by atoms with Crippen LogP contribution in [0, 0.1) is 0 Å². The molecular weight excluding hydrogens is 204 g/mol. The molecular formula is C11H14N4O. The molecule has 2 rings (SSSR count). The highest BCUT2D eigenvalue weighted by molar-refractivity contribution is 5.73. The van der Waals surface area contributed by atoms with Crippen LogP contribution in [0.1, 0.15) is 5.69 Å². The number of nitrogens with zero attached hydrogens (tertiary/aromatic N) is 2. The highest BCUT2D eigenvalue weighted by Gasteiger charge is 2.13. The molecule has 0 atom stereocenters. The van der Waals surface area contributed by atoms with Crippen LogP contribution in [0.2, 0.25) is 0 Å². The number of rotatable bonds is 4. The lowest BCUT2D eigenvalue weighted by Crippen LogP contribution is -1.98. The minimum absolute atomic E-state index is 0.477. The highest BCUT2D eigenvalue weighted by atomic mass is 16.5. The van der Waals surface area contributed by atoms with E-state index in [4.69, 9.17) is 10.5 Å². The topological polar surface area (TPSA) is 76.8 Å². The molecule has 0 aliphatic heterocycles. The predicted octanol–water partition coefficient (Wildman–Crippen LogP) is 1.24. The smallest absolute Gasteiger partial charge is 0.154 e. The number of nitrogens with two attached hydrogens (primary N) is 1. The molecule has 5 heteroatoms. The summed E-state index contributed by atoms with van der Waals surface area (Å²) in [5, 5.41) is 6.92. The molecule has 2 aromatic rings. The number of nitrogen functional groups attached to an aromatic ring is 1. The first-order valence-electron chi connectivity index (χ1n) is 5.06. The van der Waals surface area contributed by atoms with E-state index in [0.717, 1.165) is 23.4 Å². The zero-order valence-corrected chi connectivity index (χ0v) is 9.10. The van der Waals surface area contributed by atoms with Crippen molar-refractivity contribution >= 4 is 5.82 Å². The second kappa shape index (κ2) is 4.76. The van der Waals surface area contributed by atoms with Gasteiger partial charge in [0.2, 0.25) is 0 Å². The van der Waals surface area contributed by atoms with E-state index in [1.165, 1.54) is 0 Å². The lowest BCUT2D eigenvalue weighted by atomic mass is 10.1. The second-order valence-corrected chi connectivity index (χ2v) is 3.42. The van der Waals surface area contributed by atoms with Gasteiger partial charge in [0.15, 0.2) is 5.82 Å². The number of aromatic nitrogens is 3. The van der Waals surface area contributed by atoms with Crippen molar-refractivity contribution in [2.75, 3.05) is 19.5 Å². The summed E-state index contributed by atoms with van der Waals surface area (Å²) in [6.07, 6.45) is 2.48. The normalized spacial score (nSPS) is 10.6. The number of hydrogen-bond acceptors (Lipinski definition) is 4. The van der Waals surface area contributed by atoms with Crippen LogP contribution >= 0.6 is 0 Å². The van der Waals surface area contributed by atoms with E-state index in [2.05, 4.69) is 15.2 Å². The third-order valence-electron chi connectivity index (χ3n) is 2.35. The maximum atomic E-state index is 5.82. The number of hydrogen-bond donors (Lipinski definition) is 2. The lowest BCUT2D eigenvalue weighted by Gasteiger charge is -2.02. The van der Waals surface area contributed by atoms with Crippen LogP contribution in [0.25, 0.3) is 11.3 Å². The van der Waals surface area contributed by atoms with Crippen molar-refractivity contribution < 1.29 is 4.74 Å². The number of anilines is 1. The van der Waals surface area contributed by atoms with Crippen LogP contribution in [0.15, 0.2) is 24.4 Å². The summed E-state index contributed by atoms with van der Waals surface area (Å²) in [6, 6.07) is 5.71. The molecule has 0 fully saturated rings. The minimum Gasteiger partial charge on any atom is -0.384 e. The zero-order valence-electron chi connectivity index (χ0n) is 9.10. The molecule has 0 spiro atoms. The van der Waals surface area contributed by atoms with Gasteiger partial charge in [0.05, 0.1) is 17.9 Å². The molecule has 84 valence electrons. The average Bonchev–Trinajstić information content (AvgIpc) is 2.69. The molecule has 5 nitrogen and oxygen atoms in total. The van der Waals surface area contributed by atoms with Gasteiger partial charge in [-0.2, -0.15) is 5.10 Å². The van der Waals surface area contributed by atoms with Gasteiger partial charge in [-0.1, -0.05) is 6.07 Å². The largest absolute Gasteiger partial charge is 0.384 e. The molecule has 0 aliphatic rings. The fourth-order valence-corrected chi connectivity index (χ4v) is 1.58. The maximum absolute atomic E-state index is 5.82. The zero-order chi connectivity index (χ0) is 11.4. The van der Waals surface area contributed by atoms with E-state index in [9.17, 15) is 0 Å². The molecule has 2 aromatic heterocycles. The Morgan fingerprint density at radius 1 is 1.44 bits per heavy atom. The summed E-state index contributed by atoms with van der Waals surface area (Å²) in [6.45, 7) is 0.626. The highest BCUT2D eigenvalue weighted by Crippen LogP contribution is 2.25.